The van der Waals surface area contributed by atoms with Crippen molar-refractivity contribution in [1.29, 1.82) is 0 Å². The Morgan fingerprint density at radius 2 is 1.62 bits per heavy atom. The van der Waals surface area contributed by atoms with Crippen LogP contribution in [0.2, 0.25) is 0 Å². The first-order valence-corrected chi connectivity index (χ1v) is 9.07. The van der Waals surface area contributed by atoms with Gasteiger partial charge in [-0.15, -0.1) is 0 Å². The predicted molar refractivity (Wildman–Crippen MR) is 88.2 cm³/mol. The highest BCUT2D eigenvalue weighted by molar-refractivity contribution is 7.89. The van der Waals surface area contributed by atoms with Gasteiger partial charge in [-0.2, -0.15) is 0 Å². The van der Waals surface area contributed by atoms with E-state index in [0.717, 1.165) is 38.3 Å². The van der Waals surface area contributed by atoms with E-state index < -0.39 is 10.0 Å². The highest BCUT2D eigenvalue weighted by Crippen LogP contribution is 2.13. The topological polar surface area (TPSA) is 61.4 Å². The first-order valence-electron chi connectivity index (χ1n) is 7.59. The number of sulfonamides is 1. The van der Waals surface area contributed by atoms with Crippen molar-refractivity contribution >= 4 is 15.7 Å². The quantitative estimate of drug-likeness (QED) is 0.695. The molecule has 5 nitrogen and oxygen atoms in total. The Morgan fingerprint density at radius 1 is 1.00 bits per heavy atom. The molecule has 1 rings (SSSR count). The molecule has 0 saturated carbocycles. The van der Waals surface area contributed by atoms with Gasteiger partial charge in [0.15, 0.2) is 0 Å². The van der Waals surface area contributed by atoms with E-state index in [2.05, 4.69) is 28.8 Å². The van der Waals surface area contributed by atoms with Crippen molar-refractivity contribution in [2.75, 3.05) is 38.0 Å². The van der Waals surface area contributed by atoms with Crippen molar-refractivity contribution in [2.24, 2.45) is 0 Å². The van der Waals surface area contributed by atoms with Crippen LogP contribution < -0.4 is 10.0 Å². The summed E-state index contributed by atoms with van der Waals surface area (Å²) in [5, 5.41) is 3.31. The Labute approximate surface area is 128 Å². The Bertz CT molecular complexity index is 496. The van der Waals surface area contributed by atoms with Gasteiger partial charge in [-0.3, -0.25) is 0 Å². The van der Waals surface area contributed by atoms with Crippen molar-refractivity contribution in [3.8, 4) is 0 Å². The van der Waals surface area contributed by atoms with Gasteiger partial charge in [0.1, 0.15) is 0 Å². The van der Waals surface area contributed by atoms with Crippen LogP contribution in [0.1, 0.15) is 27.2 Å². The van der Waals surface area contributed by atoms with Gasteiger partial charge in [-0.1, -0.05) is 20.8 Å². The molecular weight excluding hydrogens is 286 g/mol. The average molecular weight is 313 g/mol. The number of rotatable bonds is 10. The highest BCUT2D eigenvalue weighted by Gasteiger charge is 2.12. The van der Waals surface area contributed by atoms with Crippen molar-refractivity contribution in [3.63, 3.8) is 0 Å². The molecule has 1 aromatic rings. The zero-order valence-corrected chi connectivity index (χ0v) is 14.0. The smallest absolute Gasteiger partial charge is 0.240 e. The van der Waals surface area contributed by atoms with Crippen molar-refractivity contribution in [1.82, 2.24) is 9.62 Å². The average Bonchev–Trinajstić information content (AvgIpc) is 2.50. The maximum Gasteiger partial charge on any atom is 0.240 e. The Kier molecular flexibility index (Phi) is 7.71. The number of hydrogen-bond acceptors (Lipinski definition) is 4. The molecule has 0 aromatic heterocycles. The Morgan fingerprint density at radius 3 is 2.14 bits per heavy atom. The first-order chi connectivity index (χ1) is 10.0. The lowest BCUT2D eigenvalue weighted by Gasteiger charge is -2.18. The molecule has 0 amide bonds. The summed E-state index contributed by atoms with van der Waals surface area (Å²) in [5.74, 6) is 0. The highest BCUT2D eigenvalue weighted by atomic mass is 32.2. The molecule has 6 heteroatoms. The zero-order chi connectivity index (χ0) is 15.7. The van der Waals surface area contributed by atoms with Gasteiger partial charge >= 0.3 is 0 Å². The summed E-state index contributed by atoms with van der Waals surface area (Å²) >= 11 is 0. The monoisotopic (exact) mass is 313 g/mol. The van der Waals surface area contributed by atoms with Gasteiger partial charge in [0.2, 0.25) is 10.0 Å². The van der Waals surface area contributed by atoms with Crippen molar-refractivity contribution < 1.29 is 8.42 Å². The maximum atomic E-state index is 11.9. The first kappa shape index (κ1) is 17.9. The molecule has 0 heterocycles. The molecule has 0 spiro atoms. The summed E-state index contributed by atoms with van der Waals surface area (Å²) in [6.45, 7) is 10.6. The lowest BCUT2D eigenvalue weighted by Crippen LogP contribution is -2.28. The van der Waals surface area contributed by atoms with Gasteiger partial charge in [0.05, 0.1) is 4.90 Å². The van der Waals surface area contributed by atoms with E-state index >= 15 is 0 Å². The fraction of sp³-hybridized carbons (Fsp3) is 0.600. The molecule has 120 valence electrons. The van der Waals surface area contributed by atoms with Gasteiger partial charge in [0.25, 0.3) is 0 Å². The summed E-state index contributed by atoms with van der Waals surface area (Å²) in [6, 6.07) is 6.89. The third-order valence-corrected chi connectivity index (χ3v) is 4.84. The van der Waals surface area contributed by atoms with Crippen molar-refractivity contribution in [2.45, 2.75) is 32.1 Å². The molecule has 0 atom stereocenters. The van der Waals surface area contributed by atoms with E-state index in [9.17, 15) is 8.42 Å². The van der Waals surface area contributed by atoms with Gasteiger partial charge < -0.3 is 10.2 Å². The molecule has 0 fully saturated rings. The Balaban J connectivity index is 2.54. The van der Waals surface area contributed by atoms with E-state index in [-0.39, 0.29) is 0 Å². The predicted octanol–water partition coefficient (Wildman–Crippen LogP) is 2.13. The third-order valence-electron chi connectivity index (χ3n) is 3.36. The number of anilines is 1. The largest absolute Gasteiger partial charge is 0.384 e. The van der Waals surface area contributed by atoms with Gasteiger partial charge in [-0.05, 0) is 43.8 Å². The van der Waals surface area contributed by atoms with Crippen molar-refractivity contribution in [3.05, 3.63) is 24.3 Å². The molecule has 0 bridgehead atoms. The van der Waals surface area contributed by atoms with Crippen LogP contribution >= 0.6 is 0 Å². The normalized spacial score (nSPS) is 11.8. The number of hydrogen-bond donors (Lipinski definition) is 2. The third kappa shape index (κ3) is 6.03. The minimum Gasteiger partial charge on any atom is -0.384 e. The van der Waals surface area contributed by atoms with Crippen LogP contribution in [-0.4, -0.2) is 46.0 Å². The maximum absolute atomic E-state index is 11.9. The van der Waals surface area contributed by atoms with Crippen LogP contribution in [0, 0.1) is 0 Å². The van der Waals surface area contributed by atoms with E-state index in [0.29, 0.717) is 11.4 Å². The minimum atomic E-state index is -3.37. The lowest BCUT2D eigenvalue weighted by molar-refractivity contribution is 0.316. The van der Waals surface area contributed by atoms with E-state index in [4.69, 9.17) is 0 Å². The molecule has 0 radical (unpaired) electrons. The number of likely N-dealkylation sites (N-methyl/N-ethyl adjacent to an activating group) is 1. The molecule has 21 heavy (non-hydrogen) atoms. The van der Waals surface area contributed by atoms with E-state index in [1.165, 1.54) is 0 Å². The molecule has 0 unspecified atom stereocenters. The second-order valence-electron chi connectivity index (χ2n) is 4.88. The fourth-order valence-corrected chi connectivity index (χ4v) is 3.10. The van der Waals surface area contributed by atoms with Crippen LogP contribution in [0.4, 0.5) is 5.69 Å². The second-order valence-corrected chi connectivity index (χ2v) is 6.64. The summed E-state index contributed by atoms with van der Waals surface area (Å²) in [5.41, 5.74) is 0.941. The molecule has 0 aliphatic rings. The van der Waals surface area contributed by atoms with Crippen LogP contribution in [0.3, 0.4) is 0 Å². The van der Waals surface area contributed by atoms with Gasteiger partial charge in [0, 0.05) is 25.3 Å². The molecule has 0 aliphatic carbocycles. The SMILES string of the molecule is CCCNS(=O)(=O)c1ccc(NCCN(CC)CC)cc1. The molecular formula is C15H27N3O2S. The summed E-state index contributed by atoms with van der Waals surface area (Å²) in [6.07, 6.45) is 0.782. The van der Waals surface area contributed by atoms with Crippen LogP contribution in [0.25, 0.3) is 0 Å². The standard InChI is InChI=1S/C15H27N3O2S/c1-4-11-17-21(19,20)15-9-7-14(8-10-15)16-12-13-18(5-2)6-3/h7-10,16-17H,4-6,11-13H2,1-3H3. The van der Waals surface area contributed by atoms with E-state index in [1.807, 2.05) is 19.1 Å². The summed E-state index contributed by atoms with van der Waals surface area (Å²) < 4.78 is 26.5. The number of nitrogens with zero attached hydrogens (tertiary/aromatic N) is 1. The zero-order valence-electron chi connectivity index (χ0n) is 13.2. The Hall–Kier alpha value is -1.11. The molecule has 2 N–H and O–H groups in total. The van der Waals surface area contributed by atoms with E-state index in [1.54, 1.807) is 12.1 Å². The van der Waals surface area contributed by atoms with Gasteiger partial charge in [-0.25, -0.2) is 13.1 Å². The number of benzene rings is 1. The van der Waals surface area contributed by atoms with Crippen LogP contribution in [-0.2, 0) is 10.0 Å². The minimum absolute atomic E-state index is 0.310. The number of nitrogens with one attached hydrogen (secondary N) is 2. The lowest BCUT2D eigenvalue weighted by atomic mass is 10.3. The molecule has 1 aromatic carbocycles. The fourth-order valence-electron chi connectivity index (χ4n) is 1.97. The molecule has 0 saturated heterocycles. The van der Waals surface area contributed by atoms with Crippen LogP contribution in [0.15, 0.2) is 29.2 Å². The van der Waals surface area contributed by atoms with Crippen LogP contribution in [0.5, 0.6) is 0 Å². The second kappa shape index (κ2) is 9.02. The summed E-state index contributed by atoms with van der Waals surface area (Å²) in [7, 11) is -3.37. The summed E-state index contributed by atoms with van der Waals surface area (Å²) in [4.78, 5) is 2.64. The molecule has 0 aliphatic heterocycles.